The summed E-state index contributed by atoms with van der Waals surface area (Å²) in [5.74, 6) is 0. The predicted octanol–water partition coefficient (Wildman–Crippen LogP) is 3.56. The highest BCUT2D eigenvalue weighted by molar-refractivity contribution is 4.93. The first-order valence-electron chi connectivity index (χ1n) is 8.39. The van der Waals surface area contributed by atoms with Crippen LogP contribution in [0.2, 0.25) is 0 Å². The average molecular weight is 252 g/mol. The smallest absolute Gasteiger partial charge is 0.0249 e. The van der Waals surface area contributed by atoms with Crippen molar-refractivity contribution in [1.29, 1.82) is 0 Å². The molecule has 2 aliphatic heterocycles. The Morgan fingerprint density at radius 1 is 0.944 bits per heavy atom. The zero-order valence-electron chi connectivity index (χ0n) is 12.3. The van der Waals surface area contributed by atoms with Crippen molar-refractivity contribution in [3.05, 3.63) is 0 Å². The quantitative estimate of drug-likeness (QED) is 0.664. The lowest BCUT2D eigenvalue weighted by molar-refractivity contribution is 0.180. The minimum absolute atomic E-state index is 0.806. The van der Waals surface area contributed by atoms with E-state index in [1.165, 1.54) is 83.8 Å². The van der Waals surface area contributed by atoms with Gasteiger partial charge in [0, 0.05) is 18.6 Å². The molecule has 2 fully saturated rings. The molecule has 0 aromatic rings. The van der Waals surface area contributed by atoms with Crippen LogP contribution in [0.4, 0.5) is 0 Å². The van der Waals surface area contributed by atoms with E-state index < -0.39 is 0 Å². The molecular weight excluding hydrogens is 220 g/mol. The Morgan fingerprint density at radius 2 is 1.78 bits per heavy atom. The minimum Gasteiger partial charge on any atom is -0.312 e. The summed E-state index contributed by atoms with van der Waals surface area (Å²) in [6.07, 6.45) is 14.2. The molecule has 0 radical (unpaired) electrons. The van der Waals surface area contributed by atoms with Gasteiger partial charge in [-0.05, 0) is 38.8 Å². The number of nitrogens with one attached hydrogen (secondary N) is 1. The van der Waals surface area contributed by atoms with Crippen LogP contribution in [0.5, 0.6) is 0 Å². The number of nitrogens with zero attached hydrogens (tertiary/aromatic N) is 1. The second-order valence-electron chi connectivity index (χ2n) is 6.22. The highest BCUT2D eigenvalue weighted by Gasteiger charge is 2.34. The molecule has 2 unspecified atom stereocenters. The van der Waals surface area contributed by atoms with Crippen molar-refractivity contribution in [1.82, 2.24) is 10.2 Å². The van der Waals surface area contributed by atoms with E-state index >= 15 is 0 Å². The zero-order valence-corrected chi connectivity index (χ0v) is 12.3. The third-order valence-corrected chi connectivity index (χ3v) is 4.79. The fraction of sp³-hybridized carbons (Fsp3) is 1.00. The van der Waals surface area contributed by atoms with Gasteiger partial charge in [0.2, 0.25) is 0 Å². The van der Waals surface area contributed by atoms with E-state index in [2.05, 4.69) is 17.1 Å². The molecule has 2 rings (SSSR count). The van der Waals surface area contributed by atoms with Crippen LogP contribution >= 0.6 is 0 Å². The Balaban J connectivity index is 1.51. The molecule has 2 saturated heterocycles. The number of hydrogen-bond donors (Lipinski definition) is 1. The van der Waals surface area contributed by atoms with E-state index in [0.717, 1.165) is 12.1 Å². The van der Waals surface area contributed by atoms with Gasteiger partial charge in [-0.25, -0.2) is 0 Å². The maximum Gasteiger partial charge on any atom is 0.0249 e. The van der Waals surface area contributed by atoms with Gasteiger partial charge in [-0.1, -0.05) is 45.4 Å². The first kappa shape index (κ1) is 14.3. The fourth-order valence-electron chi connectivity index (χ4n) is 3.68. The molecule has 2 heteroatoms. The van der Waals surface area contributed by atoms with Crippen LogP contribution in [0.1, 0.15) is 71.1 Å². The van der Waals surface area contributed by atoms with Crippen molar-refractivity contribution in [3.8, 4) is 0 Å². The molecule has 2 nitrogen and oxygen atoms in total. The first-order valence-corrected chi connectivity index (χ1v) is 8.39. The van der Waals surface area contributed by atoms with E-state index in [9.17, 15) is 0 Å². The van der Waals surface area contributed by atoms with Gasteiger partial charge >= 0.3 is 0 Å². The molecular formula is C16H32N2. The molecule has 106 valence electrons. The van der Waals surface area contributed by atoms with Crippen LogP contribution in [0, 0.1) is 0 Å². The van der Waals surface area contributed by atoms with Crippen molar-refractivity contribution in [2.24, 2.45) is 0 Å². The Kier molecular flexibility index (Phi) is 6.50. The van der Waals surface area contributed by atoms with Gasteiger partial charge < -0.3 is 5.32 Å². The van der Waals surface area contributed by atoms with Gasteiger partial charge in [-0.2, -0.15) is 0 Å². The average Bonchev–Trinajstić information content (AvgIpc) is 2.81. The molecule has 2 heterocycles. The summed E-state index contributed by atoms with van der Waals surface area (Å²) in [7, 11) is 0. The highest BCUT2D eigenvalue weighted by atomic mass is 15.2. The van der Waals surface area contributed by atoms with Crippen molar-refractivity contribution >= 4 is 0 Å². The monoisotopic (exact) mass is 252 g/mol. The number of piperidine rings is 1. The Labute approximate surface area is 114 Å². The maximum atomic E-state index is 3.83. The molecule has 0 aliphatic carbocycles. The number of hydrogen-bond acceptors (Lipinski definition) is 2. The number of unbranched alkanes of at least 4 members (excludes halogenated alkanes) is 5. The summed E-state index contributed by atoms with van der Waals surface area (Å²) in [4.78, 5) is 2.72. The van der Waals surface area contributed by atoms with Gasteiger partial charge in [0.1, 0.15) is 0 Å². The summed E-state index contributed by atoms with van der Waals surface area (Å²) in [6.45, 7) is 6.25. The number of fused-ring (bicyclic) bond motifs is 1. The van der Waals surface area contributed by atoms with Crippen molar-refractivity contribution in [3.63, 3.8) is 0 Å². The second kappa shape index (κ2) is 8.16. The highest BCUT2D eigenvalue weighted by Crippen LogP contribution is 2.27. The lowest BCUT2D eigenvalue weighted by atomic mass is 9.99. The molecule has 0 amide bonds. The summed E-state index contributed by atoms with van der Waals surface area (Å²) in [5.41, 5.74) is 0. The van der Waals surface area contributed by atoms with E-state index in [4.69, 9.17) is 0 Å². The standard InChI is InChI=1S/C16H32N2/c1-2-3-4-5-6-8-12-17-15-11-14-18-13-9-7-10-16(15)18/h15-17H,2-14H2,1H3. The molecule has 0 aromatic heterocycles. The van der Waals surface area contributed by atoms with Gasteiger partial charge in [0.25, 0.3) is 0 Å². The topological polar surface area (TPSA) is 15.3 Å². The van der Waals surface area contributed by atoms with Crippen molar-refractivity contribution in [2.75, 3.05) is 19.6 Å². The predicted molar refractivity (Wildman–Crippen MR) is 79.0 cm³/mol. The normalized spacial score (nSPS) is 28.5. The van der Waals surface area contributed by atoms with E-state index in [1.54, 1.807) is 0 Å². The fourth-order valence-corrected chi connectivity index (χ4v) is 3.68. The molecule has 0 bridgehead atoms. The molecule has 0 saturated carbocycles. The summed E-state index contributed by atoms with van der Waals surface area (Å²) < 4.78 is 0. The van der Waals surface area contributed by atoms with E-state index in [1.807, 2.05) is 0 Å². The van der Waals surface area contributed by atoms with Crippen molar-refractivity contribution in [2.45, 2.75) is 83.2 Å². The molecule has 0 aromatic carbocycles. The van der Waals surface area contributed by atoms with Crippen LogP contribution in [0.25, 0.3) is 0 Å². The SMILES string of the molecule is CCCCCCCCNC1CCN2CCCCC12. The first-order chi connectivity index (χ1) is 8.92. The third kappa shape index (κ3) is 4.24. The molecule has 18 heavy (non-hydrogen) atoms. The molecule has 2 aliphatic rings. The lowest BCUT2D eigenvalue weighted by Gasteiger charge is -2.32. The molecule has 1 N–H and O–H groups in total. The summed E-state index contributed by atoms with van der Waals surface area (Å²) in [5, 5.41) is 3.83. The van der Waals surface area contributed by atoms with E-state index in [0.29, 0.717) is 0 Å². The van der Waals surface area contributed by atoms with Crippen LogP contribution in [0.3, 0.4) is 0 Å². The minimum atomic E-state index is 0.806. The van der Waals surface area contributed by atoms with E-state index in [-0.39, 0.29) is 0 Å². The summed E-state index contributed by atoms with van der Waals surface area (Å²) in [6, 6.07) is 1.68. The lowest BCUT2D eigenvalue weighted by Crippen LogP contribution is -2.45. The van der Waals surface area contributed by atoms with Crippen LogP contribution < -0.4 is 5.32 Å². The van der Waals surface area contributed by atoms with Crippen molar-refractivity contribution < 1.29 is 0 Å². The van der Waals surface area contributed by atoms with Crippen LogP contribution in [-0.4, -0.2) is 36.6 Å². The Bertz CT molecular complexity index is 217. The van der Waals surface area contributed by atoms with Gasteiger partial charge in [-0.3, -0.25) is 4.90 Å². The zero-order chi connectivity index (χ0) is 12.6. The van der Waals surface area contributed by atoms with Crippen LogP contribution in [-0.2, 0) is 0 Å². The third-order valence-electron chi connectivity index (χ3n) is 4.79. The second-order valence-corrected chi connectivity index (χ2v) is 6.22. The van der Waals surface area contributed by atoms with Gasteiger partial charge in [-0.15, -0.1) is 0 Å². The summed E-state index contributed by atoms with van der Waals surface area (Å²) >= 11 is 0. The number of rotatable bonds is 8. The molecule has 2 atom stereocenters. The molecule has 0 spiro atoms. The largest absolute Gasteiger partial charge is 0.312 e. The Morgan fingerprint density at radius 3 is 2.67 bits per heavy atom. The van der Waals surface area contributed by atoms with Gasteiger partial charge in [0.05, 0.1) is 0 Å². The van der Waals surface area contributed by atoms with Crippen LogP contribution in [0.15, 0.2) is 0 Å². The maximum absolute atomic E-state index is 3.83. The Hall–Kier alpha value is -0.0800. The van der Waals surface area contributed by atoms with Gasteiger partial charge in [0.15, 0.2) is 0 Å².